The number of para-hydroxylation sites is 6. The Morgan fingerprint density at radius 2 is 0.385 bits per heavy atom. The predicted molar refractivity (Wildman–Crippen MR) is 637 cm³/mol. The topological polar surface area (TPSA) is 41.9 Å². The van der Waals surface area contributed by atoms with Crippen LogP contribution in [-0.4, -0.2) is 42.7 Å². The average Bonchev–Trinajstić information content (AvgIpc) is 1.15. The molecule has 0 saturated heterocycles. The average molecular weight is 1900 g/mol. The predicted octanol–water partition coefficient (Wildman–Crippen LogP) is 38.1. The largest absolute Gasteiger partial charge is 0.339 e. The molecule has 0 amide bonds. The van der Waals surface area contributed by atoms with Gasteiger partial charge in [-0.3, -0.25) is 0 Å². The van der Waals surface area contributed by atoms with Gasteiger partial charge >= 0.3 is 0 Å². The van der Waals surface area contributed by atoms with Gasteiger partial charge in [0, 0.05) is 66.4 Å². The minimum absolute atomic E-state index is 0.104. The summed E-state index contributed by atoms with van der Waals surface area (Å²) in [6.45, 7) is -2.37. The van der Waals surface area contributed by atoms with Gasteiger partial charge in [0.15, 0.2) is 0 Å². The van der Waals surface area contributed by atoms with Gasteiger partial charge in [-0.25, -0.2) is 0 Å². The van der Waals surface area contributed by atoms with Gasteiger partial charge in [-0.2, -0.15) is 0 Å². The van der Waals surface area contributed by atoms with Gasteiger partial charge in [-0.1, -0.05) is 443 Å². The molecule has 3 aromatic heterocycles. The molecule has 0 atom stereocenters. The van der Waals surface area contributed by atoms with Gasteiger partial charge in [0.1, 0.15) is 15.1 Å². The Bertz CT molecular complexity index is 9620. The van der Waals surface area contributed by atoms with Crippen LogP contribution in [0.1, 0.15) is 0 Å². The molecule has 1 N–H and O–H groups in total. The van der Waals surface area contributed by atoms with E-state index in [2.05, 4.69) is 577 Å². The summed E-state index contributed by atoms with van der Waals surface area (Å²) in [6.07, 6.45) is 0. The van der Waals surface area contributed by atoms with Crippen molar-refractivity contribution in [3.8, 4) is 106 Å². The van der Waals surface area contributed by atoms with Crippen LogP contribution in [0.3, 0.4) is 0 Å². The van der Waals surface area contributed by atoms with Crippen molar-refractivity contribution in [2.45, 2.75) is 0 Å². The Labute approximate surface area is 864 Å². The Kier molecular flexibility index (Phi) is 24.2. The van der Waals surface area contributed by atoms with E-state index < -0.39 is 6.81 Å². The molecule has 0 fully saturated rings. The van der Waals surface area contributed by atoms with Crippen LogP contribution in [0, 0.1) is 5.16 Å². The van der Waals surface area contributed by atoms with Crippen LogP contribution in [0.2, 0.25) is 0 Å². The summed E-state index contributed by atoms with van der Waals surface area (Å²) in [7, 11) is 14.8. The molecule has 0 unspecified atom stereocenters. The van der Waals surface area contributed by atoms with Gasteiger partial charge in [0.25, 0.3) is 0 Å². The molecule has 0 bridgehead atoms. The summed E-state index contributed by atoms with van der Waals surface area (Å²) in [5.41, 5.74) is 34.0. The molecule has 6 radical (unpaired) electrons. The van der Waals surface area contributed by atoms with Crippen molar-refractivity contribution in [2.24, 2.45) is 0 Å². The van der Waals surface area contributed by atoms with Gasteiger partial charge in [-0.15, -0.1) is 6.81 Å². The monoisotopic (exact) mass is 1900 g/mol. The third kappa shape index (κ3) is 17.0. The molecule has 5 nitrogen and oxygen atoms in total. The first-order chi connectivity index (χ1) is 73.1. The van der Waals surface area contributed by atoms with E-state index in [-0.39, 0.29) is 6.06 Å². The van der Waals surface area contributed by atoms with Crippen molar-refractivity contribution in [1.29, 1.82) is 5.16 Å². The minimum Gasteiger partial charge on any atom is -0.339 e. The van der Waals surface area contributed by atoms with Crippen LogP contribution in [-0.2, 0) is 0 Å². The summed E-state index contributed by atoms with van der Waals surface area (Å²) >= 11 is 0. The maximum absolute atomic E-state index is 6.72. The van der Waals surface area contributed by atoms with E-state index in [4.69, 9.17) is 28.1 Å². The first-order valence-electron chi connectivity index (χ1n) is 50.4. The lowest BCUT2D eigenvalue weighted by molar-refractivity contribution is 1.18. The number of nitrogens with zero attached hydrogens (tertiary/aromatic N) is 4. The molecule has 28 aromatic rings. The summed E-state index contributed by atoms with van der Waals surface area (Å²) in [4.78, 5) is 2.36. The second kappa shape index (κ2) is 39.4. The third-order valence-electron chi connectivity index (χ3n) is 29.1. The zero-order chi connectivity index (χ0) is 99.1. The fourth-order valence-electron chi connectivity index (χ4n) is 22.3. The molecule has 690 valence electrons. The van der Waals surface area contributed by atoms with Crippen LogP contribution < -0.4 is 4.90 Å². The smallest absolute Gasteiger partial charge is 0.119 e. The maximum atomic E-state index is 6.72. The summed E-state index contributed by atoms with van der Waals surface area (Å²) in [5, 5.41) is 29.6. The normalized spacial score (nSPS) is 11.5. The number of anilines is 3. The van der Waals surface area contributed by atoms with Gasteiger partial charge in [0.2, 0.25) is 0 Å². The van der Waals surface area contributed by atoms with Crippen LogP contribution >= 0.6 is 6.81 Å². The van der Waals surface area contributed by atoms with E-state index in [0.29, 0.717) is 0 Å². The highest BCUT2D eigenvalue weighted by molar-refractivity contribution is 8.07. The number of rotatable bonds is 15. The Morgan fingerprint density at radius 3 is 0.696 bits per heavy atom. The van der Waals surface area contributed by atoms with Crippen molar-refractivity contribution < 1.29 is 0 Å². The van der Waals surface area contributed by atoms with Crippen molar-refractivity contribution in [3.63, 3.8) is 0 Å². The third-order valence-corrected chi connectivity index (χ3v) is 29.7. The number of benzene rings is 25. The lowest BCUT2D eigenvalue weighted by Gasteiger charge is -2.26. The number of hydrogen-bond acceptors (Lipinski definition) is 2. The lowest BCUT2D eigenvalue weighted by atomic mass is 9.86. The molecule has 9 heteroatoms. The van der Waals surface area contributed by atoms with Crippen molar-refractivity contribution in [1.82, 2.24) is 13.7 Å². The highest BCUT2D eigenvalue weighted by Gasteiger charge is 2.24. The fraction of sp³-hybridized carbons (Fsp3) is 0.00719. The summed E-state index contributed by atoms with van der Waals surface area (Å²) in [5.74, 6) is 0. The van der Waals surface area contributed by atoms with Crippen molar-refractivity contribution in [2.75, 3.05) is 11.0 Å². The second-order valence-corrected chi connectivity index (χ2v) is 40.1. The Balaban J connectivity index is 0.000000114. The van der Waals surface area contributed by atoms with E-state index in [0.717, 1.165) is 17.1 Å². The van der Waals surface area contributed by atoms with Gasteiger partial charge < -0.3 is 23.8 Å². The Morgan fingerprint density at radius 1 is 0.176 bits per heavy atom. The molecular formula is C139H95B3N5P. The van der Waals surface area contributed by atoms with E-state index in [1.165, 1.54) is 236 Å². The van der Waals surface area contributed by atoms with E-state index >= 15 is 0 Å². The second-order valence-electron chi connectivity index (χ2n) is 37.9. The molecular weight excluding hydrogens is 1800 g/mol. The number of aromatic nitrogens is 3. The SMILES string of the molecule is [B]CP([B])([B])=N.c1ccc(-c2c3ccccc3c(-c3ccc(-c4ccc5c(c4)c4ccccc4n5-c4ccccc4)cc3)c3ccccc23)cc1.c1ccc(-c2c3ccccc3c(-c3ccc(-n4c5ccccc5c5ccccc54)cc3)c3ccccc23)cc1.c1ccc(-n2c3ccccc3c3cc(-c4ccc(N(c5ccc(-c6cccc7ccccc67)cc5)c5ccc(-c6cccc7ccccc67)cc5)cc4)ccc32)cc1. The summed E-state index contributed by atoms with van der Waals surface area (Å²) < 4.78 is 7.11. The molecule has 28 rings (SSSR count). The zero-order valence-corrected chi connectivity index (χ0v) is 82.2. The molecule has 0 spiro atoms. The molecule has 0 aliphatic carbocycles. The van der Waals surface area contributed by atoms with Crippen LogP contribution in [0.25, 0.3) is 236 Å². The number of hydrogen-bond donors (Lipinski definition) is 1. The van der Waals surface area contributed by atoms with Crippen LogP contribution in [0.5, 0.6) is 0 Å². The molecule has 0 saturated carbocycles. The van der Waals surface area contributed by atoms with Crippen molar-refractivity contribution >= 4 is 177 Å². The number of fused-ring (bicyclic) bond motifs is 15. The standard InChI is InChI=1S/C56H38N2.C44H29N.C38H25N.CH3B3NP/c1-2-16-45(17-3-1)58-55-23-9-8-20-53(55)54-38-44(30-37-56(54)58)39-24-31-46(32-25-39)57(47-33-26-42(27-34-47)51-21-10-14-40-12-4-6-18-49(40)51)48-35-28-43(29-36-48)52-22-11-15-41-13-5-7-19-50(41)52;1-3-13-31(14-4-1)43-36-18-7-9-20-38(36)44(39-21-10-8-19-37(39)43)32-25-23-30(24-26-32)33-27-28-42-40(29-33)35-17-11-12-22-41(35)45(42)34-15-5-2-6-16-34;1-2-12-26(13-3-1)37-31-16-4-6-18-33(31)38(34-19-7-5-17-32(34)37)27-22-24-28(25-23-27)39-35-20-10-8-14-29(35)30-15-9-11-21-36(30)39;2-1-6(3,4)5/h1-38H;1-29H;1-25H;5H,1H2. The molecule has 0 aliphatic rings. The van der Waals surface area contributed by atoms with Crippen LogP contribution in [0.4, 0.5) is 17.1 Å². The highest BCUT2D eigenvalue weighted by atomic mass is 31.2. The molecule has 0 aliphatic heterocycles. The Hall–Kier alpha value is -18.3. The highest BCUT2D eigenvalue weighted by Crippen LogP contribution is 2.50. The summed E-state index contributed by atoms with van der Waals surface area (Å²) in [6, 6.07) is 202. The first-order valence-corrected chi connectivity index (χ1v) is 52.5. The van der Waals surface area contributed by atoms with Crippen LogP contribution in [0.15, 0.2) is 558 Å². The van der Waals surface area contributed by atoms with E-state index in [1.54, 1.807) is 0 Å². The maximum Gasteiger partial charge on any atom is 0.119 e. The minimum atomic E-state index is -2.37. The van der Waals surface area contributed by atoms with Crippen molar-refractivity contribution in [3.05, 3.63) is 558 Å². The molecule has 3 heterocycles. The zero-order valence-electron chi connectivity index (χ0n) is 81.3. The lowest BCUT2D eigenvalue weighted by Crippen LogP contribution is -2.09. The van der Waals surface area contributed by atoms with E-state index in [9.17, 15) is 0 Å². The quantitative estimate of drug-likeness (QED) is 0.0620. The first kappa shape index (κ1) is 90.9. The van der Waals surface area contributed by atoms with Gasteiger partial charge in [-0.05, 0) is 275 Å². The van der Waals surface area contributed by atoms with Gasteiger partial charge in [0.05, 0.1) is 40.9 Å². The number of nitrogens with one attached hydrogen (secondary N) is 1. The van der Waals surface area contributed by atoms with E-state index in [1.807, 2.05) is 0 Å². The molecule has 25 aromatic carbocycles. The fourth-order valence-corrected chi connectivity index (χ4v) is 22.3. The molecule has 148 heavy (non-hydrogen) atoms.